The minimum absolute atomic E-state index is 0.230. The molecule has 1 aromatic heterocycles. The predicted molar refractivity (Wildman–Crippen MR) is 118 cm³/mol. The Balaban J connectivity index is 1.33. The summed E-state index contributed by atoms with van der Waals surface area (Å²) in [5, 5.41) is 4.94. The highest BCUT2D eigenvalue weighted by Gasteiger charge is 2.06. The Kier molecular flexibility index (Phi) is 5.72. The molecule has 1 amide bonds. The molecule has 0 fully saturated rings. The van der Waals surface area contributed by atoms with Crippen LogP contribution < -0.4 is 5.43 Å². The number of amides is 1. The molecule has 0 spiro atoms. The summed E-state index contributed by atoms with van der Waals surface area (Å²) in [5.41, 5.74) is 8.36. The number of hydrazone groups is 1. The maximum absolute atomic E-state index is 12.3. The number of nitrogens with one attached hydrogen (secondary N) is 2. The number of aromatic amines is 1. The molecular formula is C23H20N4OS. The second-order valence-electron chi connectivity index (χ2n) is 6.60. The van der Waals surface area contributed by atoms with Crippen molar-refractivity contribution in [3.05, 3.63) is 95.1 Å². The predicted octanol–water partition coefficient (Wildman–Crippen LogP) is 4.93. The van der Waals surface area contributed by atoms with Crippen molar-refractivity contribution in [1.29, 1.82) is 0 Å². The van der Waals surface area contributed by atoms with Gasteiger partial charge in [-0.3, -0.25) is 4.79 Å². The molecule has 0 aliphatic rings. The second-order valence-corrected chi connectivity index (χ2v) is 7.56. The van der Waals surface area contributed by atoms with Crippen LogP contribution in [0.1, 0.15) is 27.0 Å². The Hall–Kier alpha value is -3.38. The van der Waals surface area contributed by atoms with E-state index in [0.717, 1.165) is 38.6 Å². The molecule has 6 heteroatoms. The molecule has 3 aromatic carbocycles. The third-order valence-corrected chi connectivity index (χ3v) is 5.46. The summed E-state index contributed by atoms with van der Waals surface area (Å²) in [6.45, 7) is 2.01. The van der Waals surface area contributed by atoms with E-state index in [9.17, 15) is 4.79 Å². The molecule has 4 rings (SSSR count). The number of aromatic nitrogens is 2. The molecule has 0 bridgehead atoms. The number of rotatable bonds is 6. The summed E-state index contributed by atoms with van der Waals surface area (Å²) in [4.78, 5) is 20.1. The van der Waals surface area contributed by atoms with E-state index in [-0.39, 0.29) is 5.91 Å². The maximum atomic E-state index is 12.3. The van der Waals surface area contributed by atoms with Crippen molar-refractivity contribution in [1.82, 2.24) is 15.4 Å². The fourth-order valence-electron chi connectivity index (χ4n) is 2.86. The fraction of sp³-hybridized carbons (Fsp3) is 0.0870. The molecule has 0 aliphatic heterocycles. The van der Waals surface area contributed by atoms with Crippen LogP contribution >= 0.6 is 11.8 Å². The highest BCUT2D eigenvalue weighted by Crippen LogP contribution is 2.23. The third-order valence-electron chi connectivity index (χ3n) is 4.52. The Morgan fingerprint density at radius 3 is 2.62 bits per heavy atom. The lowest BCUT2D eigenvalue weighted by Crippen LogP contribution is -2.17. The molecule has 0 radical (unpaired) electrons. The number of hydrogen-bond acceptors (Lipinski definition) is 4. The van der Waals surface area contributed by atoms with Crippen LogP contribution in [0.5, 0.6) is 0 Å². The number of H-pyrrole nitrogens is 1. The number of thioether (sulfide) groups is 1. The van der Waals surface area contributed by atoms with E-state index in [0.29, 0.717) is 5.56 Å². The van der Waals surface area contributed by atoms with Gasteiger partial charge in [0.15, 0.2) is 5.16 Å². The summed E-state index contributed by atoms with van der Waals surface area (Å²) in [6.07, 6.45) is 1.66. The number of carbonyl (C=O) groups is 1. The van der Waals surface area contributed by atoms with Gasteiger partial charge in [0.05, 0.1) is 17.2 Å². The van der Waals surface area contributed by atoms with Crippen molar-refractivity contribution < 1.29 is 4.79 Å². The fourth-order valence-corrected chi connectivity index (χ4v) is 3.70. The number of imidazole rings is 1. The summed E-state index contributed by atoms with van der Waals surface area (Å²) in [6, 6.07) is 23.4. The lowest BCUT2D eigenvalue weighted by molar-refractivity contribution is 0.0955. The highest BCUT2D eigenvalue weighted by atomic mass is 32.2. The Morgan fingerprint density at radius 2 is 1.83 bits per heavy atom. The first-order chi connectivity index (χ1) is 14.2. The molecule has 29 heavy (non-hydrogen) atoms. The van der Waals surface area contributed by atoms with Gasteiger partial charge in [0.1, 0.15) is 0 Å². The average Bonchev–Trinajstić information content (AvgIpc) is 3.17. The SMILES string of the molecule is Cc1ccccc1C=NNC(=O)c1ccc(CSc2nc3ccccc3[nH]2)cc1. The average molecular weight is 401 g/mol. The molecule has 5 nitrogen and oxygen atoms in total. The molecule has 0 saturated heterocycles. The smallest absolute Gasteiger partial charge is 0.271 e. The first kappa shape index (κ1) is 19.0. The van der Waals surface area contributed by atoms with Gasteiger partial charge in [-0.15, -0.1) is 0 Å². The van der Waals surface area contributed by atoms with Gasteiger partial charge >= 0.3 is 0 Å². The molecular weight excluding hydrogens is 380 g/mol. The molecule has 0 atom stereocenters. The first-order valence-electron chi connectivity index (χ1n) is 9.24. The highest BCUT2D eigenvalue weighted by molar-refractivity contribution is 7.98. The largest absolute Gasteiger partial charge is 0.333 e. The van der Waals surface area contributed by atoms with Gasteiger partial charge < -0.3 is 4.98 Å². The summed E-state index contributed by atoms with van der Waals surface area (Å²) >= 11 is 1.64. The molecule has 0 unspecified atom stereocenters. The number of hydrogen-bond donors (Lipinski definition) is 2. The molecule has 1 heterocycles. The summed E-state index contributed by atoms with van der Waals surface area (Å²) < 4.78 is 0. The second kappa shape index (κ2) is 8.75. The monoisotopic (exact) mass is 400 g/mol. The number of carbonyl (C=O) groups excluding carboxylic acids is 1. The van der Waals surface area contributed by atoms with Crippen molar-refractivity contribution >= 4 is 34.9 Å². The van der Waals surface area contributed by atoms with E-state index in [1.165, 1.54) is 0 Å². The van der Waals surface area contributed by atoms with Crippen LogP contribution in [0.2, 0.25) is 0 Å². The van der Waals surface area contributed by atoms with Gasteiger partial charge in [-0.05, 0) is 47.9 Å². The quantitative estimate of drug-likeness (QED) is 0.274. The molecule has 144 valence electrons. The van der Waals surface area contributed by atoms with E-state index < -0.39 is 0 Å². The van der Waals surface area contributed by atoms with E-state index in [4.69, 9.17) is 0 Å². The van der Waals surface area contributed by atoms with Crippen LogP contribution in [-0.4, -0.2) is 22.1 Å². The maximum Gasteiger partial charge on any atom is 0.271 e. The van der Waals surface area contributed by atoms with Gasteiger partial charge in [0.2, 0.25) is 0 Å². The third kappa shape index (κ3) is 4.73. The summed E-state index contributed by atoms with van der Waals surface area (Å²) in [5.74, 6) is 0.541. The number of nitrogens with zero attached hydrogens (tertiary/aromatic N) is 2. The summed E-state index contributed by atoms with van der Waals surface area (Å²) in [7, 11) is 0. The van der Waals surface area contributed by atoms with Crippen LogP contribution in [0.4, 0.5) is 0 Å². The van der Waals surface area contributed by atoms with Gasteiger partial charge in [0, 0.05) is 11.3 Å². The molecule has 0 saturated carbocycles. The lowest BCUT2D eigenvalue weighted by Gasteiger charge is -2.03. The Bertz CT molecular complexity index is 1130. The zero-order valence-corrected chi connectivity index (χ0v) is 16.7. The first-order valence-corrected chi connectivity index (χ1v) is 10.2. The number of benzene rings is 3. The van der Waals surface area contributed by atoms with Crippen molar-refractivity contribution in [3.8, 4) is 0 Å². The normalized spacial score (nSPS) is 11.2. The van der Waals surface area contributed by atoms with Crippen molar-refractivity contribution in [3.63, 3.8) is 0 Å². The Morgan fingerprint density at radius 1 is 1.07 bits per heavy atom. The van der Waals surface area contributed by atoms with Gasteiger partial charge in [-0.2, -0.15) is 5.10 Å². The van der Waals surface area contributed by atoms with Crippen LogP contribution in [0.25, 0.3) is 11.0 Å². The minimum atomic E-state index is -0.230. The molecule has 0 aliphatic carbocycles. The van der Waals surface area contributed by atoms with Gasteiger partial charge in [-0.25, -0.2) is 10.4 Å². The van der Waals surface area contributed by atoms with Crippen molar-refractivity contribution in [2.45, 2.75) is 17.8 Å². The molecule has 2 N–H and O–H groups in total. The van der Waals surface area contributed by atoms with E-state index >= 15 is 0 Å². The van der Waals surface area contributed by atoms with E-state index in [1.54, 1.807) is 18.0 Å². The zero-order valence-electron chi connectivity index (χ0n) is 15.9. The van der Waals surface area contributed by atoms with Gasteiger partial charge in [0.25, 0.3) is 5.91 Å². The van der Waals surface area contributed by atoms with Crippen LogP contribution in [-0.2, 0) is 5.75 Å². The van der Waals surface area contributed by atoms with Crippen LogP contribution in [0, 0.1) is 6.92 Å². The zero-order chi connectivity index (χ0) is 20.1. The van der Waals surface area contributed by atoms with Crippen molar-refractivity contribution in [2.75, 3.05) is 0 Å². The van der Waals surface area contributed by atoms with Gasteiger partial charge in [-0.1, -0.05) is 60.3 Å². The Labute approximate surface area is 173 Å². The van der Waals surface area contributed by atoms with Crippen LogP contribution in [0.15, 0.2) is 83.1 Å². The number of aryl methyl sites for hydroxylation is 1. The standard InChI is InChI=1S/C23H20N4OS/c1-16-6-2-3-7-19(16)14-24-27-22(28)18-12-10-17(11-13-18)15-29-23-25-20-8-4-5-9-21(20)26-23/h2-14H,15H2,1H3,(H,25,26)(H,27,28). The van der Waals surface area contributed by atoms with Crippen LogP contribution in [0.3, 0.4) is 0 Å². The minimum Gasteiger partial charge on any atom is -0.333 e. The van der Waals surface area contributed by atoms with E-state index in [2.05, 4.69) is 20.5 Å². The lowest BCUT2D eigenvalue weighted by atomic mass is 10.1. The molecule has 4 aromatic rings. The topological polar surface area (TPSA) is 70.1 Å². The van der Waals surface area contributed by atoms with E-state index in [1.807, 2.05) is 79.7 Å². The van der Waals surface area contributed by atoms with Crippen molar-refractivity contribution in [2.24, 2.45) is 5.10 Å². The number of fused-ring (bicyclic) bond motifs is 1. The number of para-hydroxylation sites is 2.